The molecule has 0 unspecified atom stereocenters. The summed E-state index contributed by atoms with van der Waals surface area (Å²) in [5, 5.41) is 2.45. The Hall–Kier alpha value is -3.11. The normalized spacial score (nSPS) is 15.7. The average Bonchev–Trinajstić information content (AvgIpc) is 3.68. The lowest BCUT2D eigenvalue weighted by molar-refractivity contribution is -0.123. The quantitative estimate of drug-likeness (QED) is 0.471. The minimum atomic E-state index is -3.77. The van der Waals surface area contributed by atoms with Gasteiger partial charge < -0.3 is 5.32 Å². The number of nitrogens with one attached hydrogen (secondary N) is 1. The van der Waals surface area contributed by atoms with Gasteiger partial charge in [0.15, 0.2) is 9.84 Å². The van der Waals surface area contributed by atoms with E-state index in [9.17, 15) is 18.0 Å². The van der Waals surface area contributed by atoms with Gasteiger partial charge in [0, 0.05) is 38.0 Å². The topological polar surface area (TPSA) is 101 Å². The van der Waals surface area contributed by atoms with Crippen LogP contribution in [0.25, 0.3) is 22.0 Å². The zero-order valence-corrected chi connectivity index (χ0v) is 21.7. The maximum atomic E-state index is 15.1. The van der Waals surface area contributed by atoms with Crippen LogP contribution in [0.4, 0.5) is 4.39 Å². The molecule has 0 aliphatic heterocycles. The van der Waals surface area contributed by atoms with Crippen molar-refractivity contribution in [2.45, 2.75) is 50.1 Å². The van der Waals surface area contributed by atoms with Crippen LogP contribution in [0.15, 0.2) is 47.5 Å². The highest BCUT2D eigenvalue weighted by Gasteiger charge is 2.42. The number of hydrogen-bond donors (Lipinski definition) is 1. The lowest BCUT2D eigenvalue weighted by Crippen LogP contribution is -2.49. The zero-order chi connectivity index (χ0) is 26.3. The summed E-state index contributed by atoms with van der Waals surface area (Å²) in [7, 11) is -0.304. The van der Waals surface area contributed by atoms with Gasteiger partial charge >= 0.3 is 0 Å². The minimum Gasteiger partial charge on any atom is -0.358 e. The standard InChI is InChI=1S/C26H31FN4O4S/c1-26(25(33)28-2,36(4,34)35)11-12-31-16-29-23-14-20(22(27)13-21(23)24(31)32)18-7-5-17(6-8-18)15-30(3)19-9-10-19/h5-8,13-14,16,19H,9-12,15H2,1-4H3,(H,28,33)/t26-/m1/s1. The Bertz CT molecular complexity index is 1470. The molecule has 36 heavy (non-hydrogen) atoms. The predicted octanol–water partition coefficient (Wildman–Crippen LogP) is 2.74. The molecule has 3 aromatic rings. The third-order valence-corrected chi connectivity index (χ3v) is 9.16. The fraction of sp³-hybridized carbons (Fsp3) is 0.423. The van der Waals surface area contributed by atoms with Crippen molar-refractivity contribution in [1.29, 1.82) is 0 Å². The van der Waals surface area contributed by atoms with Crippen molar-refractivity contribution in [2.24, 2.45) is 0 Å². The molecular weight excluding hydrogens is 483 g/mol. The van der Waals surface area contributed by atoms with E-state index in [-0.39, 0.29) is 18.4 Å². The second-order valence-electron chi connectivity index (χ2n) is 9.77. The van der Waals surface area contributed by atoms with Crippen molar-refractivity contribution < 1.29 is 17.6 Å². The fourth-order valence-corrected chi connectivity index (χ4v) is 5.25. The van der Waals surface area contributed by atoms with Crippen molar-refractivity contribution in [3.8, 4) is 11.1 Å². The highest BCUT2D eigenvalue weighted by molar-refractivity contribution is 7.92. The number of aromatic nitrogens is 2. The molecule has 10 heteroatoms. The van der Waals surface area contributed by atoms with E-state index in [1.807, 2.05) is 24.3 Å². The largest absolute Gasteiger partial charge is 0.358 e. The number of hydrogen-bond acceptors (Lipinski definition) is 6. The van der Waals surface area contributed by atoms with Gasteiger partial charge in [-0.25, -0.2) is 17.8 Å². The Kier molecular flexibility index (Phi) is 7.03. The van der Waals surface area contributed by atoms with Crippen LogP contribution in [0.5, 0.6) is 0 Å². The summed E-state index contributed by atoms with van der Waals surface area (Å²) in [6.45, 7) is 2.09. The van der Waals surface area contributed by atoms with E-state index in [0.717, 1.165) is 18.4 Å². The molecule has 8 nitrogen and oxygen atoms in total. The number of amides is 1. The first-order valence-corrected chi connectivity index (χ1v) is 13.7. The highest BCUT2D eigenvalue weighted by Crippen LogP contribution is 2.29. The highest BCUT2D eigenvalue weighted by atomic mass is 32.2. The molecule has 1 aliphatic carbocycles. The predicted molar refractivity (Wildman–Crippen MR) is 138 cm³/mol. The Morgan fingerprint density at radius 1 is 1.25 bits per heavy atom. The van der Waals surface area contributed by atoms with E-state index < -0.39 is 31.9 Å². The van der Waals surface area contributed by atoms with E-state index in [1.165, 1.54) is 43.8 Å². The average molecular weight is 515 g/mol. The molecule has 0 spiro atoms. The Morgan fingerprint density at radius 2 is 1.92 bits per heavy atom. The van der Waals surface area contributed by atoms with Gasteiger partial charge in [-0.05, 0) is 56.5 Å². The number of fused-ring (bicyclic) bond motifs is 1. The molecule has 0 radical (unpaired) electrons. The number of aryl methyl sites for hydroxylation is 1. The molecule has 1 heterocycles. The number of benzene rings is 2. The summed E-state index contributed by atoms with van der Waals surface area (Å²) in [6.07, 6.45) is 4.61. The summed E-state index contributed by atoms with van der Waals surface area (Å²) in [5.41, 5.74) is 2.01. The monoisotopic (exact) mass is 514 g/mol. The summed E-state index contributed by atoms with van der Waals surface area (Å²) in [4.78, 5) is 32.0. The third kappa shape index (κ3) is 5.05. The Labute approximate surface area is 210 Å². The van der Waals surface area contributed by atoms with Gasteiger partial charge in [-0.2, -0.15) is 0 Å². The van der Waals surface area contributed by atoms with Gasteiger partial charge in [-0.15, -0.1) is 0 Å². The Balaban J connectivity index is 1.59. The van der Waals surface area contributed by atoms with E-state index in [2.05, 4.69) is 22.2 Å². The second-order valence-corrected chi connectivity index (χ2v) is 12.2. The molecule has 0 saturated heterocycles. The summed E-state index contributed by atoms with van der Waals surface area (Å²) in [5.74, 6) is -1.21. The van der Waals surface area contributed by atoms with Crippen molar-refractivity contribution in [3.05, 3.63) is 64.5 Å². The van der Waals surface area contributed by atoms with Crippen LogP contribution in [0.1, 0.15) is 31.7 Å². The maximum absolute atomic E-state index is 15.1. The van der Waals surface area contributed by atoms with Crippen LogP contribution in [0, 0.1) is 5.82 Å². The van der Waals surface area contributed by atoms with Gasteiger partial charge in [0.05, 0.1) is 17.2 Å². The van der Waals surface area contributed by atoms with Gasteiger partial charge in [-0.1, -0.05) is 24.3 Å². The summed E-state index contributed by atoms with van der Waals surface area (Å²) >= 11 is 0. The first-order valence-electron chi connectivity index (χ1n) is 11.8. The number of rotatable bonds is 9. The molecular formula is C26H31FN4O4S. The SMILES string of the molecule is CNC(=O)[C@@](C)(CCn1cnc2cc(-c3ccc(CN(C)C4CC4)cc3)c(F)cc2c1=O)S(C)(=O)=O. The molecule has 1 atom stereocenters. The van der Waals surface area contributed by atoms with Gasteiger partial charge in [-0.3, -0.25) is 19.1 Å². The summed E-state index contributed by atoms with van der Waals surface area (Å²) in [6, 6.07) is 11.1. The molecule has 4 rings (SSSR count). The minimum absolute atomic E-state index is 0.0705. The number of carbonyl (C=O) groups excluding carboxylic acids is 1. The second kappa shape index (κ2) is 9.74. The molecule has 1 saturated carbocycles. The maximum Gasteiger partial charge on any atom is 0.261 e. The van der Waals surface area contributed by atoms with Crippen LogP contribution in [0.2, 0.25) is 0 Å². The van der Waals surface area contributed by atoms with Crippen molar-refractivity contribution in [3.63, 3.8) is 0 Å². The Morgan fingerprint density at radius 3 is 2.50 bits per heavy atom. The van der Waals surface area contributed by atoms with E-state index in [1.54, 1.807) is 6.07 Å². The lowest BCUT2D eigenvalue weighted by atomic mass is 10.0. The first kappa shape index (κ1) is 26.0. The van der Waals surface area contributed by atoms with Crippen LogP contribution in [-0.2, 0) is 27.7 Å². The summed E-state index contributed by atoms with van der Waals surface area (Å²) < 4.78 is 39.2. The van der Waals surface area contributed by atoms with E-state index in [0.29, 0.717) is 22.7 Å². The van der Waals surface area contributed by atoms with Crippen LogP contribution >= 0.6 is 0 Å². The number of halogens is 1. The van der Waals surface area contributed by atoms with Crippen LogP contribution in [0.3, 0.4) is 0 Å². The lowest BCUT2D eigenvalue weighted by Gasteiger charge is -2.25. The van der Waals surface area contributed by atoms with E-state index in [4.69, 9.17) is 0 Å². The van der Waals surface area contributed by atoms with Crippen molar-refractivity contribution in [1.82, 2.24) is 19.8 Å². The van der Waals surface area contributed by atoms with Crippen LogP contribution in [-0.4, -0.2) is 59.9 Å². The fourth-order valence-electron chi connectivity index (χ4n) is 4.35. The number of nitrogens with zero attached hydrogens (tertiary/aromatic N) is 3. The van der Waals surface area contributed by atoms with Gasteiger partial charge in [0.25, 0.3) is 5.56 Å². The zero-order valence-electron chi connectivity index (χ0n) is 20.9. The third-order valence-electron chi connectivity index (χ3n) is 7.14. The smallest absolute Gasteiger partial charge is 0.261 e. The molecule has 192 valence electrons. The van der Waals surface area contributed by atoms with Crippen molar-refractivity contribution >= 4 is 26.6 Å². The van der Waals surface area contributed by atoms with Crippen LogP contribution < -0.4 is 10.9 Å². The molecule has 0 bridgehead atoms. The van der Waals surface area contributed by atoms with Gasteiger partial charge in [0.1, 0.15) is 10.6 Å². The molecule has 1 aromatic heterocycles. The number of carbonyl (C=O) groups is 1. The van der Waals surface area contributed by atoms with Gasteiger partial charge in [0.2, 0.25) is 5.91 Å². The molecule has 1 amide bonds. The first-order chi connectivity index (χ1) is 16.9. The molecule has 1 fully saturated rings. The van der Waals surface area contributed by atoms with Crippen molar-refractivity contribution in [2.75, 3.05) is 20.4 Å². The number of sulfone groups is 1. The molecule has 1 N–H and O–H groups in total. The molecule has 2 aromatic carbocycles. The van der Waals surface area contributed by atoms with E-state index >= 15 is 4.39 Å². The molecule has 1 aliphatic rings.